The molecule has 0 amide bonds. The average Bonchev–Trinajstić information content (AvgIpc) is 2.73. The largest absolute Gasteiger partial charge is 0.393 e. The number of aromatic nitrogens is 1. The summed E-state index contributed by atoms with van der Waals surface area (Å²) in [5, 5.41) is 0. The molecule has 0 spiro atoms. The maximum atomic E-state index is 5.58. The van der Waals surface area contributed by atoms with E-state index in [-0.39, 0.29) is 0 Å². The van der Waals surface area contributed by atoms with Gasteiger partial charge in [-0.15, -0.1) is 0 Å². The van der Waals surface area contributed by atoms with Crippen molar-refractivity contribution >= 4 is 23.0 Å². The minimum atomic E-state index is 0.291. The van der Waals surface area contributed by atoms with Crippen molar-refractivity contribution in [3.63, 3.8) is 0 Å². The van der Waals surface area contributed by atoms with Gasteiger partial charge in [0, 0.05) is 25.2 Å². The second-order valence-electron chi connectivity index (χ2n) is 4.76. The van der Waals surface area contributed by atoms with E-state index in [1.807, 2.05) is 7.05 Å². The molecule has 1 aromatic heterocycles. The van der Waals surface area contributed by atoms with Crippen molar-refractivity contribution in [3.05, 3.63) is 23.4 Å². The molecule has 1 unspecified atom stereocenters. The minimum absolute atomic E-state index is 0.291. The first-order valence-corrected chi connectivity index (χ1v) is 6.48. The van der Waals surface area contributed by atoms with Crippen LogP contribution in [0.15, 0.2) is 12.1 Å². The van der Waals surface area contributed by atoms with Crippen LogP contribution in [0.3, 0.4) is 0 Å². The van der Waals surface area contributed by atoms with E-state index in [0.29, 0.717) is 11.0 Å². The molecular weight excluding hydrogens is 230 g/mol. The zero-order chi connectivity index (χ0) is 12.4. The highest BCUT2D eigenvalue weighted by Crippen LogP contribution is 2.23. The van der Waals surface area contributed by atoms with Crippen LogP contribution < -0.4 is 10.6 Å². The third kappa shape index (κ3) is 2.75. The Kier molecular flexibility index (Phi) is 3.62. The normalized spacial score (nSPS) is 15.4. The summed E-state index contributed by atoms with van der Waals surface area (Å²) in [6.45, 7) is 2.12. The second-order valence-corrected chi connectivity index (χ2v) is 5.28. The summed E-state index contributed by atoms with van der Waals surface area (Å²) in [6.07, 6.45) is 4.25. The highest BCUT2D eigenvalue weighted by molar-refractivity contribution is 7.80. The van der Waals surface area contributed by atoms with Crippen LogP contribution in [0.4, 0.5) is 5.82 Å². The van der Waals surface area contributed by atoms with Crippen molar-refractivity contribution in [2.24, 2.45) is 5.73 Å². The van der Waals surface area contributed by atoms with E-state index >= 15 is 0 Å². The monoisotopic (exact) mass is 249 g/mol. The van der Waals surface area contributed by atoms with Gasteiger partial charge in [-0.05, 0) is 37.8 Å². The van der Waals surface area contributed by atoms with Gasteiger partial charge < -0.3 is 10.6 Å². The molecule has 17 heavy (non-hydrogen) atoms. The highest BCUT2D eigenvalue weighted by Gasteiger charge is 2.16. The maximum Gasteiger partial charge on any atom is 0.128 e. The molecule has 1 aromatic rings. The molecule has 1 heterocycles. The first-order valence-electron chi connectivity index (χ1n) is 6.08. The van der Waals surface area contributed by atoms with E-state index in [2.05, 4.69) is 24.0 Å². The number of nitrogens with zero attached hydrogens (tertiary/aromatic N) is 2. The van der Waals surface area contributed by atoms with Gasteiger partial charge in [-0.1, -0.05) is 18.3 Å². The topological polar surface area (TPSA) is 42.1 Å². The molecule has 0 bridgehead atoms. The Morgan fingerprint density at radius 2 is 2.29 bits per heavy atom. The van der Waals surface area contributed by atoms with Crippen LogP contribution in [0.2, 0.25) is 0 Å². The summed E-state index contributed by atoms with van der Waals surface area (Å²) in [6, 6.07) is 4.59. The fourth-order valence-corrected chi connectivity index (χ4v) is 2.50. The van der Waals surface area contributed by atoms with Gasteiger partial charge in [0.25, 0.3) is 0 Å². The molecular formula is C13H19N3S. The van der Waals surface area contributed by atoms with Crippen LogP contribution in [0.25, 0.3) is 0 Å². The number of anilines is 1. The molecule has 2 N–H and O–H groups in total. The lowest BCUT2D eigenvalue weighted by molar-refractivity contribution is 0.703. The van der Waals surface area contributed by atoms with Gasteiger partial charge in [-0.3, -0.25) is 0 Å². The van der Waals surface area contributed by atoms with Crippen molar-refractivity contribution in [2.45, 2.75) is 38.6 Å². The molecule has 1 aliphatic carbocycles. The van der Waals surface area contributed by atoms with Crippen LogP contribution >= 0.6 is 12.2 Å². The SMILES string of the molecule is CC(CC(N)=S)N(C)c1ccc2c(n1)CCC2. The lowest BCUT2D eigenvalue weighted by Crippen LogP contribution is -2.33. The number of fused-ring (bicyclic) bond motifs is 1. The highest BCUT2D eigenvalue weighted by atomic mass is 32.1. The smallest absolute Gasteiger partial charge is 0.128 e. The minimum Gasteiger partial charge on any atom is -0.393 e. The van der Waals surface area contributed by atoms with Crippen LogP contribution in [0.5, 0.6) is 0 Å². The molecule has 0 fully saturated rings. The number of hydrogen-bond donors (Lipinski definition) is 1. The summed E-state index contributed by atoms with van der Waals surface area (Å²) in [5.74, 6) is 1.02. The van der Waals surface area contributed by atoms with Gasteiger partial charge in [-0.25, -0.2) is 4.98 Å². The third-order valence-electron chi connectivity index (χ3n) is 3.43. The summed E-state index contributed by atoms with van der Waals surface area (Å²) in [5.41, 5.74) is 8.25. The third-order valence-corrected chi connectivity index (χ3v) is 3.60. The van der Waals surface area contributed by atoms with E-state index in [1.54, 1.807) is 0 Å². The Bertz CT molecular complexity index is 431. The molecule has 3 nitrogen and oxygen atoms in total. The Hall–Kier alpha value is -1.16. The van der Waals surface area contributed by atoms with E-state index < -0.39 is 0 Å². The fraction of sp³-hybridized carbons (Fsp3) is 0.538. The summed E-state index contributed by atoms with van der Waals surface area (Å²) < 4.78 is 0. The van der Waals surface area contributed by atoms with Gasteiger partial charge in [-0.2, -0.15) is 0 Å². The first kappa shape index (κ1) is 12.3. The molecule has 0 saturated carbocycles. The Labute approximate surface area is 108 Å². The van der Waals surface area contributed by atoms with E-state index in [4.69, 9.17) is 22.9 Å². The molecule has 0 aliphatic heterocycles. The average molecular weight is 249 g/mol. The van der Waals surface area contributed by atoms with E-state index in [0.717, 1.165) is 18.7 Å². The molecule has 2 rings (SSSR count). The van der Waals surface area contributed by atoms with E-state index in [9.17, 15) is 0 Å². The van der Waals surface area contributed by atoms with Gasteiger partial charge in [0.05, 0.1) is 4.99 Å². The molecule has 1 atom stereocenters. The number of nitrogens with two attached hydrogens (primary N) is 1. The number of rotatable bonds is 4. The van der Waals surface area contributed by atoms with Crippen LogP contribution in [-0.2, 0) is 12.8 Å². The van der Waals surface area contributed by atoms with Gasteiger partial charge >= 0.3 is 0 Å². The number of thiocarbonyl (C=S) groups is 1. The molecule has 1 aliphatic rings. The quantitative estimate of drug-likeness (QED) is 0.830. The molecule has 0 saturated heterocycles. The number of pyridine rings is 1. The van der Waals surface area contributed by atoms with Crippen molar-refractivity contribution in [1.82, 2.24) is 4.98 Å². The molecule has 92 valence electrons. The van der Waals surface area contributed by atoms with Crippen molar-refractivity contribution in [2.75, 3.05) is 11.9 Å². The maximum absolute atomic E-state index is 5.58. The van der Waals surface area contributed by atoms with Crippen molar-refractivity contribution in [1.29, 1.82) is 0 Å². The first-order chi connectivity index (χ1) is 8.08. The number of aryl methyl sites for hydroxylation is 2. The predicted octanol–water partition coefficient (Wildman–Crippen LogP) is 2.07. The lowest BCUT2D eigenvalue weighted by atomic mass is 10.2. The summed E-state index contributed by atoms with van der Waals surface area (Å²) in [4.78, 5) is 7.43. The van der Waals surface area contributed by atoms with Crippen molar-refractivity contribution in [3.8, 4) is 0 Å². The standard InChI is InChI=1S/C13H19N3S/c1-9(8-12(14)17)16(2)13-7-6-10-4-3-5-11(10)15-13/h6-7,9H,3-5,8H2,1-2H3,(H2,14,17). The van der Waals surface area contributed by atoms with Crippen molar-refractivity contribution < 1.29 is 0 Å². The predicted molar refractivity (Wildman–Crippen MR) is 75.5 cm³/mol. The number of hydrogen-bond acceptors (Lipinski definition) is 3. The Morgan fingerprint density at radius 1 is 1.53 bits per heavy atom. The summed E-state index contributed by atoms with van der Waals surface area (Å²) in [7, 11) is 2.05. The van der Waals surface area contributed by atoms with Gasteiger partial charge in [0.15, 0.2) is 0 Å². The fourth-order valence-electron chi connectivity index (χ4n) is 2.26. The zero-order valence-corrected chi connectivity index (χ0v) is 11.3. The van der Waals surface area contributed by atoms with Gasteiger partial charge in [0.1, 0.15) is 5.82 Å². The second kappa shape index (κ2) is 5.00. The Morgan fingerprint density at radius 3 is 3.00 bits per heavy atom. The summed E-state index contributed by atoms with van der Waals surface area (Å²) >= 11 is 4.95. The molecule has 0 radical (unpaired) electrons. The lowest BCUT2D eigenvalue weighted by Gasteiger charge is -2.26. The molecule has 0 aromatic carbocycles. The van der Waals surface area contributed by atoms with Crippen LogP contribution in [0, 0.1) is 0 Å². The molecule has 4 heteroatoms. The van der Waals surface area contributed by atoms with Gasteiger partial charge in [0.2, 0.25) is 0 Å². The van der Waals surface area contributed by atoms with Crippen LogP contribution in [0.1, 0.15) is 31.0 Å². The van der Waals surface area contributed by atoms with Crippen LogP contribution in [-0.4, -0.2) is 23.1 Å². The zero-order valence-electron chi connectivity index (χ0n) is 10.4. The Balaban J connectivity index is 2.14. The van der Waals surface area contributed by atoms with E-state index in [1.165, 1.54) is 24.1 Å².